The van der Waals surface area contributed by atoms with Gasteiger partial charge in [-0.3, -0.25) is 9.59 Å². The number of carbonyl (C=O) groups excluding carboxylic acids is 2. The fraction of sp³-hybridized carbons (Fsp3) is 0.906. The smallest absolute Gasteiger partial charge is 0.305 e. The van der Waals surface area contributed by atoms with Crippen LogP contribution in [-0.4, -0.2) is 47.4 Å². The first-order chi connectivity index (χ1) is 34.5. The molecule has 0 rings (SSSR count). The summed E-state index contributed by atoms with van der Waals surface area (Å²) >= 11 is 0. The van der Waals surface area contributed by atoms with Gasteiger partial charge in [0, 0.05) is 12.8 Å². The molecule has 70 heavy (non-hydrogen) atoms. The van der Waals surface area contributed by atoms with E-state index in [0.717, 1.165) is 44.9 Å². The van der Waals surface area contributed by atoms with E-state index in [1.165, 1.54) is 276 Å². The summed E-state index contributed by atoms with van der Waals surface area (Å²) in [4.78, 5) is 24.6. The molecule has 0 aliphatic heterocycles. The zero-order valence-corrected chi connectivity index (χ0v) is 47.3. The van der Waals surface area contributed by atoms with Gasteiger partial charge in [0.05, 0.1) is 25.4 Å². The Kier molecular flexibility index (Phi) is 58.5. The fourth-order valence-corrected chi connectivity index (χ4v) is 9.87. The summed E-state index contributed by atoms with van der Waals surface area (Å²) in [5, 5.41) is 23.1. The number of esters is 1. The minimum atomic E-state index is -0.850. The van der Waals surface area contributed by atoms with E-state index in [1.54, 1.807) is 6.08 Å². The Morgan fingerprint density at radius 2 is 0.671 bits per heavy atom. The molecular formula is C64H123NO5. The number of hydrogen-bond donors (Lipinski definition) is 3. The van der Waals surface area contributed by atoms with E-state index in [1.807, 2.05) is 6.08 Å². The minimum absolute atomic E-state index is 0.00800. The van der Waals surface area contributed by atoms with Gasteiger partial charge < -0.3 is 20.3 Å². The Bertz CT molecular complexity index is 1090. The SMILES string of the molecule is CCCCCCCCCCCCCCCC/C=C/C(O)C(CO)NC(=O)CCCCCCCCC/C=C\CCCCCCCCCCOC(=O)CCCCCCCCCCCCCCCCCCCC. The van der Waals surface area contributed by atoms with Crippen molar-refractivity contribution in [1.82, 2.24) is 5.32 Å². The zero-order chi connectivity index (χ0) is 50.7. The molecule has 0 aromatic carbocycles. The lowest BCUT2D eigenvalue weighted by atomic mass is 10.0. The number of carbonyl (C=O) groups is 2. The summed E-state index contributed by atoms with van der Waals surface area (Å²) in [7, 11) is 0. The predicted octanol–water partition coefficient (Wildman–Crippen LogP) is 19.8. The average molecular weight is 987 g/mol. The van der Waals surface area contributed by atoms with E-state index in [-0.39, 0.29) is 18.5 Å². The highest BCUT2D eigenvalue weighted by atomic mass is 16.5. The van der Waals surface area contributed by atoms with Gasteiger partial charge in [-0.1, -0.05) is 301 Å². The Labute approximate surface area is 437 Å². The molecule has 0 saturated carbocycles. The molecule has 6 nitrogen and oxygen atoms in total. The van der Waals surface area contributed by atoms with Crippen LogP contribution in [0.1, 0.15) is 348 Å². The van der Waals surface area contributed by atoms with Gasteiger partial charge >= 0.3 is 5.97 Å². The molecule has 0 heterocycles. The van der Waals surface area contributed by atoms with E-state index in [2.05, 4.69) is 31.3 Å². The van der Waals surface area contributed by atoms with Gasteiger partial charge in [0.25, 0.3) is 0 Å². The molecule has 0 radical (unpaired) electrons. The van der Waals surface area contributed by atoms with Gasteiger partial charge in [-0.15, -0.1) is 0 Å². The second-order valence-corrected chi connectivity index (χ2v) is 21.7. The first-order valence-corrected chi connectivity index (χ1v) is 31.6. The minimum Gasteiger partial charge on any atom is -0.466 e. The van der Waals surface area contributed by atoms with Gasteiger partial charge in [0.15, 0.2) is 0 Å². The second kappa shape index (κ2) is 59.9. The van der Waals surface area contributed by atoms with Crippen LogP contribution in [-0.2, 0) is 14.3 Å². The maximum atomic E-state index is 12.5. The number of allylic oxidation sites excluding steroid dienone is 3. The molecule has 3 N–H and O–H groups in total. The number of aliphatic hydroxyl groups excluding tert-OH is 2. The van der Waals surface area contributed by atoms with E-state index < -0.39 is 12.1 Å². The molecule has 0 aliphatic carbocycles. The summed E-state index contributed by atoms with van der Waals surface area (Å²) in [5.74, 6) is -0.0675. The number of hydrogen-bond acceptors (Lipinski definition) is 5. The first kappa shape index (κ1) is 68.3. The monoisotopic (exact) mass is 986 g/mol. The van der Waals surface area contributed by atoms with Crippen molar-refractivity contribution in [3.8, 4) is 0 Å². The third kappa shape index (κ3) is 55.7. The van der Waals surface area contributed by atoms with Crippen LogP contribution in [0.25, 0.3) is 0 Å². The number of ether oxygens (including phenoxy) is 1. The Hall–Kier alpha value is -1.66. The quantitative estimate of drug-likeness (QED) is 0.0321. The van der Waals surface area contributed by atoms with E-state index in [4.69, 9.17) is 4.74 Å². The maximum absolute atomic E-state index is 12.5. The van der Waals surface area contributed by atoms with Crippen LogP contribution in [0.15, 0.2) is 24.3 Å². The molecule has 0 aromatic heterocycles. The van der Waals surface area contributed by atoms with Crippen molar-refractivity contribution in [1.29, 1.82) is 0 Å². The van der Waals surface area contributed by atoms with Crippen LogP contribution in [0.4, 0.5) is 0 Å². The van der Waals surface area contributed by atoms with Crippen LogP contribution >= 0.6 is 0 Å². The van der Waals surface area contributed by atoms with E-state index >= 15 is 0 Å². The summed E-state index contributed by atoms with van der Waals surface area (Å²) in [6, 6.07) is -0.635. The van der Waals surface area contributed by atoms with Crippen molar-refractivity contribution in [2.75, 3.05) is 13.2 Å². The molecule has 1 amide bonds. The molecule has 0 bridgehead atoms. The van der Waals surface area contributed by atoms with E-state index in [0.29, 0.717) is 19.4 Å². The summed E-state index contributed by atoms with van der Waals surface area (Å²) in [6.45, 7) is 4.92. The van der Waals surface area contributed by atoms with Crippen molar-refractivity contribution in [2.45, 2.75) is 360 Å². The van der Waals surface area contributed by atoms with E-state index in [9.17, 15) is 19.8 Å². The van der Waals surface area contributed by atoms with Crippen molar-refractivity contribution >= 4 is 11.9 Å². The number of rotatable bonds is 59. The Morgan fingerprint density at radius 3 is 1.01 bits per heavy atom. The molecule has 2 atom stereocenters. The summed E-state index contributed by atoms with van der Waals surface area (Å²) in [5.41, 5.74) is 0. The van der Waals surface area contributed by atoms with Crippen molar-refractivity contribution in [3.05, 3.63) is 24.3 Å². The standard InChI is InChI=1S/C64H123NO5/c1-3-5-7-9-11-13-15-17-19-21-26-30-34-38-42-46-50-54-58-64(69)70-59-55-51-47-43-39-35-31-27-24-22-23-25-29-33-37-41-45-49-53-57-63(68)65-61(60-66)62(67)56-52-48-44-40-36-32-28-20-18-16-14-12-10-8-6-4-2/h22-23,52,56,61-62,66-67H,3-21,24-51,53-55,57-60H2,1-2H3,(H,65,68)/b23-22-,56-52+. The average Bonchev–Trinajstić information content (AvgIpc) is 3.36. The molecular weight excluding hydrogens is 863 g/mol. The lowest BCUT2D eigenvalue weighted by Gasteiger charge is -2.20. The van der Waals surface area contributed by atoms with Crippen LogP contribution in [0.2, 0.25) is 0 Å². The zero-order valence-electron chi connectivity index (χ0n) is 47.3. The highest BCUT2D eigenvalue weighted by molar-refractivity contribution is 5.76. The van der Waals surface area contributed by atoms with Crippen molar-refractivity contribution in [2.24, 2.45) is 0 Å². The van der Waals surface area contributed by atoms with Crippen LogP contribution in [0.5, 0.6) is 0 Å². The van der Waals surface area contributed by atoms with Crippen molar-refractivity contribution < 1.29 is 24.5 Å². The van der Waals surface area contributed by atoms with Crippen LogP contribution < -0.4 is 5.32 Å². The maximum Gasteiger partial charge on any atom is 0.305 e. The van der Waals surface area contributed by atoms with Crippen LogP contribution in [0.3, 0.4) is 0 Å². The molecule has 0 spiro atoms. The third-order valence-electron chi connectivity index (χ3n) is 14.7. The summed E-state index contributed by atoms with van der Waals surface area (Å²) < 4.78 is 5.49. The Balaban J connectivity index is 3.43. The van der Waals surface area contributed by atoms with Crippen molar-refractivity contribution in [3.63, 3.8) is 0 Å². The fourth-order valence-electron chi connectivity index (χ4n) is 9.87. The molecule has 6 heteroatoms. The highest BCUT2D eigenvalue weighted by Crippen LogP contribution is 2.17. The number of nitrogens with one attached hydrogen (secondary N) is 1. The molecule has 2 unspecified atom stereocenters. The highest BCUT2D eigenvalue weighted by Gasteiger charge is 2.18. The number of amides is 1. The van der Waals surface area contributed by atoms with Gasteiger partial charge in [0.1, 0.15) is 0 Å². The lowest BCUT2D eigenvalue weighted by Crippen LogP contribution is -2.45. The van der Waals surface area contributed by atoms with Gasteiger partial charge in [0.2, 0.25) is 5.91 Å². The van der Waals surface area contributed by atoms with Crippen LogP contribution in [0, 0.1) is 0 Å². The lowest BCUT2D eigenvalue weighted by molar-refractivity contribution is -0.143. The molecule has 0 aliphatic rings. The number of unbranched alkanes of at least 4 members (excludes halogenated alkanes) is 46. The summed E-state index contributed by atoms with van der Waals surface area (Å²) in [6.07, 6.45) is 73.6. The first-order valence-electron chi connectivity index (χ1n) is 31.6. The predicted molar refractivity (Wildman–Crippen MR) is 306 cm³/mol. The Morgan fingerprint density at radius 1 is 0.386 bits per heavy atom. The van der Waals surface area contributed by atoms with Gasteiger partial charge in [-0.25, -0.2) is 0 Å². The third-order valence-corrected chi connectivity index (χ3v) is 14.7. The topological polar surface area (TPSA) is 95.9 Å². The molecule has 0 fully saturated rings. The molecule has 414 valence electrons. The van der Waals surface area contributed by atoms with Gasteiger partial charge in [-0.05, 0) is 57.8 Å². The van der Waals surface area contributed by atoms with Gasteiger partial charge in [-0.2, -0.15) is 0 Å². The number of aliphatic hydroxyl groups is 2. The normalized spacial score (nSPS) is 12.7. The molecule has 0 aromatic rings. The molecule has 0 saturated heterocycles. The largest absolute Gasteiger partial charge is 0.466 e. The second-order valence-electron chi connectivity index (χ2n) is 21.7.